The number of hydrogen-bond acceptors (Lipinski definition) is 4. The Morgan fingerprint density at radius 1 is 1.14 bits per heavy atom. The highest BCUT2D eigenvalue weighted by molar-refractivity contribution is 5.88. The number of ether oxygens (including phenoxy) is 1. The number of aliphatic hydroxyl groups excluding tert-OH is 1. The maximum absolute atomic E-state index is 11.0. The van der Waals surface area contributed by atoms with Crippen molar-refractivity contribution >= 4 is 11.6 Å². The third-order valence-electron chi connectivity index (χ3n) is 5.16. The van der Waals surface area contributed by atoms with E-state index in [2.05, 4.69) is 40.5 Å². The van der Waals surface area contributed by atoms with Gasteiger partial charge < -0.3 is 20.1 Å². The summed E-state index contributed by atoms with van der Waals surface area (Å²) >= 11 is 0. The molecule has 1 fully saturated rings. The van der Waals surface area contributed by atoms with Gasteiger partial charge in [-0.25, -0.2) is 0 Å². The van der Waals surface area contributed by atoms with Crippen LogP contribution in [0.5, 0.6) is 5.75 Å². The maximum atomic E-state index is 11.0. The molecular formula is C23H30N2O3. The summed E-state index contributed by atoms with van der Waals surface area (Å²) in [6.45, 7) is 4.44. The van der Waals surface area contributed by atoms with Gasteiger partial charge in [0.05, 0.1) is 0 Å². The number of nitrogens with zero attached hydrogens (tertiary/aromatic N) is 1. The summed E-state index contributed by atoms with van der Waals surface area (Å²) in [4.78, 5) is 13.4. The SMILES string of the molecule is CC(=O)Nc1ccc(OCC(O)CN2CCC(Cc3ccccc3)CC2)cc1. The molecule has 3 rings (SSSR count). The van der Waals surface area contributed by atoms with Crippen molar-refractivity contribution in [1.82, 2.24) is 4.90 Å². The zero-order chi connectivity index (χ0) is 19.8. The van der Waals surface area contributed by atoms with Crippen molar-refractivity contribution < 1.29 is 14.6 Å². The van der Waals surface area contributed by atoms with Crippen LogP contribution in [0.15, 0.2) is 54.6 Å². The fraction of sp³-hybridized carbons (Fsp3) is 0.435. The van der Waals surface area contributed by atoms with E-state index >= 15 is 0 Å². The fourth-order valence-electron chi connectivity index (χ4n) is 3.70. The topological polar surface area (TPSA) is 61.8 Å². The second kappa shape index (κ2) is 10.2. The number of β-amino-alcohol motifs (C(OH)–C–C–N with tert-alkyl or cyclic N) is 1. The Bertz CT molecular complexity index is 725. The minimum absolute atomic E-state index is 0.100. The van der Waals surface area contributed by atoms with Crippen LogP contribution in [0.3, 0.4) is 0 Å². The van der Waals surface area contributed by atoms with Crippen LogP contribution in [0.1, 0.15) is 25.3 Å². The summed E-state index contributed by atoms with van der Waals surface area (Å²) in [6.07, 6.45) is 2.98. The number of hydrogen-bond donors (Lipinski definition) is 2. The Kier molecular flexibility index (Phi) is 7.46. The maximum Gasteiger partial charge on any atom is 0.221 e. The van der Waals surface area contributed by atoms with E-state index in [9.17, 15) is 9.90 Å². The highest BCUT2D eigenvalue weighted by Crippen LogP contribution is 2.22. The van der Waals surface area contributed by atoms with Crippen molar-refractivity contribution in [2.75, 3.05) is 31.6 Å². The second-order valence-corrected chi connectivity index (χ2v) is 7.60. The molecule has 2 aromatic carbocycles. The number of rotatable bonds is 8. The Morgan fingerprint density at radius 3 is 2.46 bits per heavy atom. The van der Waals surface area contributed by atoms with E-state index in [1.807, 2.05) is 0 Å². The van der Waals surface area contributed by atoms with Gasteiger partial charge >= 0.3 is 0 Å². The molecule has 5 heteroatoms. The molecule has 150 valence electrons. The molecule has 1 saturated heterocycles. The van der Waals surface area contributed by atoms with Crippen LogP contribution in [0.2, 0.25) is 0 Å². The van der Waals surface area contributed by atoms with Crippen LogP contribution in [0.25, 0.3) is 0 Å². The first kappa shape index (κ1) is 20.4. The summed E-state index contributed by atoms with van der Waals surface area (Å²) in [6, 6.07) is 17.9. The monoisotopic (exact) mass is 382 g/mol. The van der Waals surface area contributed by atoms with Crippen LogP contribution >= 0.6 is 0 Å². The molecule has 0 spiro atoms. The normalized spacial score (nSPS) is 16.5. The highest BCUT2D eigenvalue weighted by atomic mass is 16.5. The zero-order valence-corrected chi connectivity index (χ0v) is 16.5. The van der Waals surface area contributed by atoms with Gasteiger partial charge in [-0.2, -0.15) is 0 Å². The van der Waals surface area contributed by atoms with E-state index in [4.69, 9.17) is 4.74 Å². The van der Waals surface area contributed by atoms with Crippen LogP contribution in [0, 0.1) is 5.92 Å². The lowest BCUT2D eigenvalue weighted by Crippen LogP contribution is -2.41. The summed E-state index contributed by atoms with van der Waals surface area (Å²) < 4.78 is 5.68. The van der Waals surface area contributed by atoms with E-state index in [1.54, 1.807) is 24.3 Å². The van der Waals surface area contributed by atoms with Gasteiger partial charge in [0.15, 0.2) is 0 Å². The first-order valence-electron chi connectivity index (χ1n) is 10.0. The fourth-order valence-corrected chi connectivity index (χ4v) is 3.70. The third kappa shape index (κ3) is 6.66. The molecule has 28 heavy (non-hydrogen) atoms. The van der Waals surface area contributed by atoms with Crippen molar-refractivity contribution in [1.29, 1.82) is 0 Å². The van der Waals surface area contributed by atoms with E-state index < -0.39 is 6.10 Å². The molecule has 1 aliphatic heterocycles. The van der Waals surface area contributed by atoms with Crippen molar-refractivity contribution in [2.24, 2.45) is 5.92 Å². The molecule has 0 aliphatic carbocycles. The Balaban J connectivity index is 1.35. The lowest BCUT2D eigenvalue weighted by atomic mass is 9.90. The average molecular weight is 383 g/mol. The minimum atomic E-state index is -0.513. The molecule has 1 heterocycles. The lowest BCUT2D eigenvalue weighted by Gasteiger charge is -2.33. The molecule has 0 radical (unpaired) electrons. The molecule has 1 unspecified atom stereocenters. The third-order valence-corrected chi connectivity index (χ3v) is 5.16. The Labute approximate surface area is 167 Å². The largest absolute Gasteiger partial charge is 0.491 e. The number of likely N-dealkylation sites (tertiary alicyclic amines) is 1. The summed E-state index contributed by atoms with van der Waals surface area (Å²) in [5.41, 5.74) is 2.15. The van der Waals surface area contributed by atoms with Gasteiger partial charge in [-0.05, 0) is 68.1 Å². The van der Waals surface area contributed by atoms with E-state index in [1.165, 1.54) is 25.3 Å². The van der Waals surface area contributed by atoms with Crippen molar-refractivity contribution in [2.45, 2.75) is 32.3 Å². The number of nitrogens with one attached hydrogen (secondary N) is 1. The first-order chi connectivity index (χ1) is 13.6. The molecule has 0 bridgehead atoms. The highest BCUT2D eigenvalue weighted by Gasteiger charge is 2.21. The number of carbonyl (C=O) groups excluding carboxylic acids is 1. The van der Waals surface area contributed by atoms with E-state index in [0.29, 0.717) is 12.3 Å². The number of carbonyl (C=O) groups is 1. The van der Waals surface area contributed by atoms with E-state index in [-0.39, 0.29) is 12.5 Å². The Morgan fingerprint density at radius 2 is 1.82 bits per heavy atom. The molecule has 2 N–H and O–H groups in total. The van der Waals surface area contributed by atoms with E-state index in [0.717, 1.165) is 31.1 Å². The van der Waals surface area contributed by atoms with Gasteiger partial charge in [-0.3, -0.25) is 4.79 Å². The molecule has 0 aromatic heterocycles. The van der Waals surface area contributed by atoms with Gasteiger partial charge in [-0.15, -0.1) is 0 Å². The molecule has 2 aromatic rings. The molecule has 1 amide bonds. The number of anilines is 1. The summed E-state index contributed by atoms with van der Waals surface area (Å²) in [5, 5.41) is 13.0. The van der Waals surface area contributed by atoms with Crippen molar-refractivity contribution in [3.05, 3.63) is 60.2 Å². The quantitative estimate of drug-likeness (QED) is 0.735. The standard InChI is InChI=1S/C23H30N2O3/c1-18(26)24-21-7-9-23(10-8-21)28-17-22(27)16-25-13-11-20(12-14-25)15-19-5-3-2-4-6-19/h2-10,20,22,27H,11-17H2,1H3,(H,24,26). The minimum Gasteiger partial charge on any atom is -0.491 e. The second-order valence-electron chi connectivity index (χ2n) is 7.60. The van der Waals surface area contributed by atoms with Gasteiger partial charge in [0.1, 0.15) is 18.5 Å². The summed E-state index contributed by atoms with van der Waals surface area (Å²) in [5.74, 6) is 1.32. The zero-order valence-electron chi connectivity index (χ0n) is 16.5. The van der Waals surface area contributed by atoms with Crippen LogP contribution in [0.4, 0.5) is 5.69 Å². The average Bonchev–Trinajstić information content (AvgIpc) is 2.69. The van der Waals surface area contributed by atoms with Gasteiger partial charge in [-0.1, -0.05) is 30.3 Å². The number of aliphatic hydroxyl groups is 1. The van der Waals surface area contributed by atoms with Crippen LogP contribution in [-0.2, 0) is 11.2 Å². The Hall–Kier alpha value is -2.37. The first-order valence-corrected chi connectivity index (χ1v) is 10.0. The number of benzene rings is 2. The van der Waals surface area contributed by atoms with Crippen LogP contribution in [-0.4, -0.2) is 48.3 Å². The summed E-state index contributed by atoms with van der Waals surface area (Å²) in [7, 11) is 0. The molecule has 5 nitrogen and oxygen atoms in total. The van der Waals surface area contributed by atoms with Gasteiger partial charge in [0, 0.05) is 19.2 Å². The molecule has 1 aliphatic rings. The predicted octanol–water partition coefficient (Wildman–Crippen LogP) is 3.34. The molecule has 1 atom stereocenters. The lowest BCUT2D eigenvalue weighted by molar-refractivity contribution is -0.114. The number of piperidine rings is 1. The molecular weight excluding hydrogens is 352 g/mol. The number of amides is 1. The smallest absolute Gasteiger partial charge is 0.221 e. The predicted molar refractivity (Wildman–Crippen MR) is 112 cm³/mol. The van der Waals surface area contributed by atoms with Crippen molar-refractivity contribution in [3.63, 3.8) is 0 Å². The van der Waals surface area contributed by atoms with Gasteiger partial charge in [0.25, 0.3) is 0 Å². The van der Waals surface area contributed by atoms with Gasteiger partial charge in [0.2, 0.25) is 5.91 Å². The van der Waals surface area contributed by atoms with Crippen LogP contribution < -0.4 is 10.1 Å². The van der Waals surface area contributed by atoms with Crippen molar-refractivity contribution in [3.8, 4) is 5.75 Å². The molecule has 0 saturated carbocycles.